The topological polar surface area (TPSA) is 142 Å². The SMILES string of the molecule is Nc1ccc(S(=O)(=O)NCC(O)CC(Cc2ccccc2)C(=O)NC2c3ccccc3CC2O)cc1. The third-order valence-electron chi connectivity index (χ3n) is 6.45. The molecule has 6 N–H and O–H groups in total. The number of nitrogens with one attached hydrogen (secondary N) is 2. The van der Waals surface area contributed by atoms with Gasteiger partial charge in [-0.3, -0.25) is 4.79 Å². The van der Waals surface area contributed by atoms with Gasteiger partial charge in [0.1, 0.15) is 0 Å². The van der Waals surface area contributed by atoms with Gasteiger partial charge in [-0.15, -0.1) is 0 Å². The lowest BCUT2D eigenvalue weighted by atomic mass is 9.92. The normalized spacial score (nSPS) is 18.8. The Bertz CT molecular complexity index is 1280. The number of fused-ring (bicyclic) bond motifs is 1. The minimum absolute atomic E-state index is 0.0372. The Morgan fingerprint density at radius 1 is 1.00 bits per heavy atom. The highest BCUT2D eigenvalue weighted by Gasteiger charge is 2.34. The maximum atomic E-state index is 13.4. The van der Waals surface area contributed by atoms with Crippen LogP contribution in [-0.4, -0.2) is 43.3 Å². The van der Waals surface area contributed by atoms with Crippen LogP contribution in [0.4, 0.5) is 5.69 Å². The number of rotatable bonds is 10. The molecule has 1 amide bonds. The Hall–Kier alpha value is -3.24. The standard InChI is InChI=1S/C27H31N3O5S/c28-21-10-12-23(13-11-21)36(34,35)29-17-22(31)15-20(14-18-6-2-1-3-7-18)27(33)30-26-24-9-5-4-8-19(24)16-25(26)32/h1-13,20,22,25-26,29,31-32H,14-17,28H2,(H,30,33). The van der Waals surface area contributed by atoms with Crippen molar-refractivity contribution in [2.45, 2.75) is 42.4 Å². The van der Waals surface area contributed by atoms with Crippen molar-refractivity contribution >= 4 is 21.6 Å². The highest BCUT2D eigenvalue weighted by Crippen LogP contribution is 2.32. The molecule has 190 valence electrons. The number of aliphatic hydroxyl groups excluding tert-OH is 2. The minimum atomic E-state index is -3.85. The van der Waals surface area contributed by atoms with Gasteiger partial charge in [-0.05, 0) is 53.8 Å². The van der Waals surface area contributed by atoms with E-state index in [0.717, 1.165) is 16.7 Å². The van der Waals surface area contributed by atoms with Crippen molar-refractivity contribution in [2.75, 3.05) is 12.3 Å². The maximum absolute atomic E-state index is 13.4. The van der Waals surface area contributed by atoms with Gasteiger partial charge < -0.3 is 21.3 Å². The summed E-state index contributed by atoms with van der Waals surface area (Å²) in [6, 6.07) is 22.2. The van der Waals surface area contributed by atoms with Crippen molar-refractivity contribution in [1.82, 2.24) is 10.0 Å². The Morgan fingerprint density at radius 3 is 2.39 bits per heavy atom. The van der Waals surface area contributed by atoms with Crippen molar-refractivity contribution in [3.05, 3.63) is 95.6 Å². The third-order valence-corrected chi connectivity index (χ3v) is 7.89. The second-order valence-corrected chi connectivity index (χ2v) is 10.9. The van der Waals surface area contributed by atoms with Crippen molar-refractivity contribution in [1.29, 1.82) is 0 Å². The molecule has 3 aromatic rings. The molecule has 1 aliphatic carbocycles. The van der Waals surface area contributed by atoms with Gasteiger partial charge in [0.15, 0.2) is 0 Å². The number of sulfonamides is 1. The first-order chi connectivity index (χ1) is 17.2. The summed E-state index contributed by atoms with van der Waals surface area (Å²) >= 11 is 0. The Labute approximate surface area is 211 Å². The second kappa shape index (κ2) is 11.2. The van der Waals surface area contributed by atoms with E-state index in [0.29, 0.717) is 18.5 Å². The highest BCUT2D eigenvalue weighted by molar-refractivity contribution is 7.89. The molecule has 0 aromatic heterocycles. The predicted octanol–water partition coefficient (Wildman–Crippen LogP) is 1.93. The lowest BCUT2D eigenvalue weighted by molar-refractivity contribution is -0.127. The number of hydrogen-bond donors (Lipinski definition) is 5. The molecule has 3 aromatic carbocycles. The van der Waals surface area contributed by atoms with E-state index in [1.165, 1.54) is 24.3 Å². The first-order valence-electron chi connectivity index (χ1n) is 11.9. The Morgan fingerprint density at radius 2 is 1.67 bits per heavy atom. The van der Waals surface area contributed by atoms with E-state index in [4.69, 9.17) is 5.73 Å². The zero-order valence-electron chi connectivity index (χ0n) is 19.7. The summed E-state index contributed by atoms with van der Waals surface area (Å²) < 4.78 is 27.5. The molecule has 0 bridgehead atoms. The van der Waals surface area contributed by atoms with Gasteiger partial charge >= 0.3 is 0 Å². The number of hydrogen-bond acceptors (Lipinski definition) is 6. The van der Waals surface area contributed by atoms with Gasteiger partial charge in [0.25, 0.3) is 0 Å². The molecule has 4 rings (SSSR count). The molecule has 36 heavy (non-hydrogen) atoms. The molecule has 1 aliphatic rings. The molecule has 0 heterocycles. The molecule has 0 radical (unpaired) electrons. The first kappa shape index (κ1) is 25.8. The van der Waals surface area contributed by atoms with E-state index < -0.39 is 34.2 Å². The quantitative estimate of drug-likeness (QED) is 0.265. The van der Waals surface area contributed by atoms with E-state index >= 15 is 0 Å². The molecular weight excluding hydrogens is 478 g/mol. The maximum Gasteiger partial charge on any atom is 0.240 e. The highest BCUT2D eigenvalue weighted by atomic mass is 32.2. The zero-order valence-corrected chi connectivity index (χ0v) is 20.6. The summed E-state index contributed by atoms with van der Waals surface area (Å²) in [5, 5.41) is 24.2. The van der Waals surface area contributed by atoms with Gasteiger partial charge in [0.2, 0.25) is 15.9 Å². The van der Waals surface area contributed by atoms with Crippen molar-refractivity contribution < 1.29 is 23.4 Å². The summed E-state index contributed by atoms with van der Waals surface area (Å²) in [6.07, 6.45) is -0.983. The number of anilines is 1. The van der Waals surface area contributed by atoms with Gasteiger partial charge in [0.05, 0.1) is 23.1 Å². The number of carbonyl (C=O) groups excluding carboxylic acids is 1. The Balaban J connectivity index is 1.44. The fraction of sp³-hybridized carbons (Fsp3) is 0.296. The number of carbonyl (C=O) groups is 1. The van der Waals surface area contributed by atoms with E-state index in [1.54, 1.807) is 0 Å². The van der Waals surface area contributed by atoms with Crippen LogP contribution in [0.25, 0.3) is 0 Å². The summed E-state index contributed by atoms with van der Waals surface area (Å²) in [6.45, 7) is -0.250. The minimum Gasteiger partial charge on any atom is -0.399 e. The number of benzene rings is 3. The van der Waals surface area contributed by atoms with Gasteiger partial charge in [0, 0.05) is 24.6 Å². The van der Waals surface area contributed by atoms with Crippen LogP contribution in [0, 0.1) is 5.92 Å². The zero-order chi connectivity index (χ0) is 25.7. The van der Waals surface area contributed by atoms with Crippen LogP contribution in [0.1, 0.15) is 29.2 Å². The van der Waals surface area contributed by atoms with E-state index in [2.05, 4.69) is 10.0 Å². The van der Waals surface area contributed by atoms with Crippen LogP contribution in [-0.2, 0) is 27.7 Å². The predicted molar refractivity (Wildman–Crippen MR) is 137 cm³/mol. The van der Waals surface area contributed by atoms with Crippen molar-refractivity contribution in [3.63, 3.8) is 0 Å². The van der Waals surface area contributed by atoms with Crippen LogP contribution >= 0.6 is 0 Å². The third kappa shape index (κ3) is 6.30. The molecule has 0 aliphatic heterocycles. The van der Waals surface area contributed by atoms with Crippen LogP contribution in [0.15, 0.2) is 83.8 Å². The van der Waals surface area contributed by atoms with E-state index in [1.807, 2.05) is 54.6 Å². The summed E-state index contributed by atoms with van der Waals surface area (Å²) in [5.74, 6) is -0.941. The van der Waals surface area contributed by atoms with Gasteiger partial charge in [-0.1, -0.05) is 54.6 Å². The van der Waals surface area contributed by atoms with Gasteiger partial charge in [-0.25, -0.2) is 13.1 Å². The summed E-state index contributed by atoms with van der Waals surface area (Å²) in [7, 11) is -3.85. The van der Waals surface area contributed by atoms with Crippen LogP contribution in [0.5, 0.6) is 0 Å². The molecule has 0 saturated carbocycles. The van der Waals surface area contributed by atoms with Crippen molar-refractivity contribution in [3.8, 4) is 0 Å². The summed E-state index contributed by atoms with van der Waals surface area (Å²) in [4.78, 5) is 13.4. The fourth-order valence-corrected chi connectivity index (χ4v) is 5.62. The average molecular weight is 510 g/mol. The number of amides is 1. The lowest BCUT2D eigenvalue weighted by Gasteiger charge is -2.24. The molecule has 9 heteroatoms. The first-order valence-corrected chi connectivity index (χ1v) is 13.3. The van der Waals surface area contributed by atoms with E-state index in [-0.39, 0.29) is 23.8 Å². The number of nitrogen functional groups attached to an aromatic ring is 1. The molecule has 0 spiro atoms. The van der Waals surface area contributed by atoms with Crippen LogP contribution < -0.4 is 15.8 Å². The summed E-state index contributed by atoms with van der Waals surface area (Å²) in [5.41, 5.74) is 8.86. The largest absolute Gasteiger partial charge is 0.399 e. The molecule has 0 fully saturated rings. The molecular formula is C27H31N3O5S. The molecule has 4 atom stereocenters. The second-order valence-electron chi connectivity index (χ2n) is 9.15. The Kier molecular flexibility index (Phi) is 8.05. The van der Waals surface area contributed by atoms with Crippen molar-refractivity contribution in [2.24, 2.45) is 5.92 Å². The smallest absolute Gasteiger partial charge is 0.240 e. The molecule has 0 saturated heterocycles. The lowest BCUT2D eigenvalue weighted by Crippen LogP contribution is -2.41. The molecule has 4 unspecified atom stereocenters. The molecule has 8 nitrogen and oxygen atoms in total. The van der Waals surface area contributed by atoms with Crippen LogP contribution in [0.3, 0.4) is 0 Å². The van der Waals surface area contributed by atoms with Gasteiger partial charge in [-0.2, -0.15) is 0 Å². The number of aliphatic hydroxyl groups is 2. The fourth-order valence-electron chi connectivity index (χ4n) is 4.55. The van der Waals surface area contributed by atoms with Crippen LogP contribution in [0.2, 0.25) is 0 Å². The number of nitrogens with two attached hydrogens (primary N) is 1. The van der Waals surface area contributed by atoms with E-state index in [9.17, 15) is 23.4 Å². The monoisotopic (exact) mass is 509 g/mol. The average Bonchev–Trinajstić information content (AvgIpc) is 3.18.